The first kappa shape index (κ1) is 11.7. The second-order valence-electron chi connectivity index (χ2n) is 4.75. The lowest BCUT2D eigenvalue weighted by molar-refractivity contribution is -0.120. The maximum Gasteiger partial charge on any atom is 0.247 e. The molecule has 0 spiro atoms. The lowest BCUT2D eigenvalue weighted by Crippen LogP contribution is -2.64. The Balaban J connectivity index is 2.06. The average Bonchev–Trinajstić information content (AvgIpc) is 2.29. The zero-order valence-electron chi connectivity index (χ0n) is 10.4. The number of anilines is 2. The number of amides is 1. The molecule has 0 saturated carbocycles. The van der Waals surface area contributed by atoms with E-state index in [-0.39, 0.29) is 17.2 Å². The smallest absolute Gasteiger partial charge is 0.247 e. The molecule has 1 amide bonds. The molecule has 96 valence electrons. The monoisotopic (exact) mass is 266 g/mol. The van der Waals surface area contributed by atoms with E-state index in [0.717, 1.165) is 36.6 Å². The predicted molar refractivity (Wildman–Crippen MR) is 70.0 cm³/mol. The first-order valence-electron chi connectivity index (χ1n) is 6.29. The van der Waals surface area contributed by atoms with Gasteiger partial charge in [-0.15, -0.1) is 0 Å². The van der Waals surface area contributed by atoms with E-state index < -0.39 is 0 Å². The SMILES string of the molecule is CCc1nc(Cl)nc2c1NC(=O)C1C(CC)CN21. The van der Waals surface area contributed by atoms with Crippen LogP contribution in [0.25, 0.3) is 0 Å². The third kappa shape index (κ3) is 1.50. The van der Waals surface area contributed by atoms with Crippen molar-refractivity contribution in [1.82, 2.24) is 9.97 Å². The maximum atomic E-state index is 12.1. The van der Waals surface area contributed by atoms with Crippen LogP contribution < -0.4 is 10.2 Å². The summed E-state index contributed by atoms with van der Waals surface area (Å²) in [5.74, 6) is 1.25. The van der Waals surface area contributed by atoms with Gasteiger partial charge in [0.15, 0.2) is 5.82 Å². The van der Waals surface area contributed by atoms with Crippen LogP contribution in [0.2, 0.25) is 5.28 Å². The number of halogens is 1. The first-order valence-corrected chi connectivity index (χ1v) is 6.67. The van der Waals surface area contributed by atoms with Crippen molar-refractivity contribution in [2.24, 2.45) is 5.92 Å². The van der Waals surface area contributed by atoms with Crippen LogP contribution in [0.1, 0.15) is 26.0 Å². The highest BCUT2D eigenvalue weighted by molar-refractivity contribution is 6.28. The number of hydrogen-bond donors (Lipinski definition) is 1. The van der Waals surface area contributed by atoms with Crippen molar-refractivity contribution < 1.29 is 4.79 Å². The molecule has 6 heteroatoms. The summed E-state index contributed by atoms with van der Waals surface area (Å²) >= 11 is 5.94. The second kappa shape index (κ2) is 4.09. The summed E-state index contributed by atoms with van der Waals surface area (Å²) < 4.78 is 0. The number of rotatable bonds is 2. The average molecular weight is 267 g/mol. The second-order valence-corrected chi connectivity index (χ2v) is 5.08. The van der Waals surface area contributed by atoms with Crippen LogP contribution in [0, 0.1) is 5.92 Å². The lowest BCUT2D eigenvalue weighted by atomic mass is 9.84. The molecule has 2 aliphatic heterocycles. The number of fused-ring (bicyclic) bond motifs is 3. The number of nitrogens with one attached hydrogen (secondary N) is 1. The van der Waals surface area contributed by atoms with Crippen molar-refractivity contribution in [1.29, 1.82) is 0 Å². The number of nitrogens with zero attached hydrogens (tertiary/aromatic N) is 3. The van der Waals surface area contributed by atoms with Crippen molar-refractivity contribution in [3.05, 3.63) is 11.0 Å². The van der Waals surface area contributed by atoms with Crippen LogP contribution in [-0.4, -0.2) is 28.5 Å². The molecule has 18 heavy (non-hydrogen) atoms. The molecule has 1 aromatic rings. The van der Waals surface area contributed by atoms with Crippen LogP contribution in [0.5, 0.6) is 0 Å². The van der Waals surface area contributed by atoms with Gasteiger partial charge >= 0.3 is 0 Å². The third-order valence-corrected chi connectivity index (χ3v) is 3.97. The molecule has 1 saturated heterocycles. The fraction of sp³-hybridized carbons (Fsp3) is 0.583. The van der Waals surface area contributed by atoms with Crippen molar-refractivity contribution in [2.75, 3.05) is 16.8 Å². The molecule has 5 nitrogen and oxygen atoms in total. The normalized spacial score (nSPS) is 25.1. The molecule has 1 aromatic heterocycles. The fourth-order valence-electron chi connectivity index (χ4n) is 2.76. The summed E-state index contributed by atoms with van der Waals surface area (Å²) in [4.78, 5) is 22.6. The van der Waals surface area contributed by atoms with Gasteiger partial charge in [-0.2, -0.15) is 4.98 Å². The summed E-state index contributed by atoms with van der Waals surface area (Å²) in [5.41, 5.74) is 1.54. The molecular weight excluding hydrogens is 252 g/mol. The number of hydrogen-bond acceptors (Lipinski definition) is 4. The molecule has 1 N–H and O–H groups in total. The van der Waals surface area contributed by atoms with E-state index >= 15 is 0 Å². The molecule has 2 unspecified atom stereocenters. The molecular formula is C12H15ClN4O. The highest BCUT2D eigenvalue weighted by Gasteiger charge is 2.48. The first-order chi connectivity index (χ1) is 8.65. The van der Waals surface area contributed by atoms with E-state index in [4.69, 9.17) is 11.6 Å². The number of aryl methyl sites for hydroxylation is 1. The predicted octanol–water partition coefficient (Wildman–Crippen LogP) is 1.86. The minimum absolute atomic E-state index is 0.0567. The van der Waals surface area contributed by atoms with Gasteiger partial charge in [0.25, 0.3) is 0 Å². The topological polar surface area (TPSA) is 58.1 Å². The third-order valence-electron chi connectivity index (χ3n) is 3.80. The van der Waals surface area contributed by atoms with Crippen LogP contribution in [0.4, 0.5) is 11.5 Å². The summed E-state index contributed by atoms with van der Waals surface area (Å²) in [6.45, 7) is 4.97. The van der Waals surface area contributed by atoms with E-state index in [9.17, 15) is 4.79 Å². The molecule has 0 bridgehead atoms. The molecule has 0 radical (unpaired) electrons. The van der Waals surface area contributed by atoms with Gasteiger partial charge in [-0.25, -0.2) is 4.98 Å². The van der Waals surface area contributed by atoms with E-state index in [2.05, 4.69) is 22.2 Å². The largest absolute Gasteiger partial charge is 0.342 e. The van der Waals surface area contributed by atoms with E-state index in [0.29, 0.717) is 5.92 Å². The number of carbonyl (C=O) groups excluding carboxylic acids is 1. The van der Waals surface area contributed by atoms with Crippen LogP contribution in [-0.2, 0) is 11.2 Å². The minimum atomic E-state index is -0.0850. The summed E-state index contributed by atoms with van der Waals surface area (Å²) in [6.07, 6.45) is 1.73. The summed E-state index contributed by atoms with van der Waals surface area (Å²) in [6, 6.07) is -0.0850. The van der Waals surface area contributed by atoms with Gasteiger partial charge in [-0.05, 0) is 24.4 Å². The molecule has 3 rings (SSSR count). The van der Waals surface area contributed by atoms with E-state index in [1.807, 2.05) is 11.8 Å². The zero-order valence-corrected chi connectivity index (χ0v) is 11.2. The number of carbonyl (C=O) groups is 1. The Kier molecular flexibility index (Phi) is 2.66. The van der Waals surface area contributed by atoms with Crippen molar-refractivity contribution in [3.8, 4) is 0 Å². The Labute approximate surface area is 111 Å². The van der Waals surface area contributed by atoms with Crippen molar-refractivity contribution >= 4 is 29.0 Å². The highest BCUT2D eigenvalue weighted by atomic mass is 35.5. The Morgan fingerprint density at radius 1 is 1.44 bits per heavy atom. The van der Waals surface area contributed by atoms with Crippen LogP contribution in [0.3, 0.4) is 0 Å². The standard InChI is InChI=1S/C12H15ClN4O/c1-3-6-5-17-9(6)11(18)15-8-7(4-2)14-12(13)16-10(8)17/h6,9H,3-5H2,1-2H3,(H,15,18). The van der Waals surface area contributed by atoms with Crippen molar-refractivity contribution in [3.63, 3.8) is 0 Å². The van der Waals surface area contributed by atoms with Gasteiger partial charge in [-0.3, -0.25) is 4.79 Å². The zero-order chi connectivity index (χ0) is 12.9. The van der Waals surface area contributed by atoms with Gasteiger partial charge in [-0.1, -0.05) is 13.8 Å². The molecule has 2 aliphatic rings. The Morgan fingerprint density at radius 2 is 2.22 bits per heavy atom. The van der Waals surface area contributed by atoms with E-state index in [1.165, 1.54) is 0 Å². The van der Waals surface area contributed by atoms with Gasteiger partial charge in [0.2, 0.25) is 11.2 Å². The van der Waals surface area contributed by atoms with Gasteiger partial charge in [0.1, 0.15) is 11.7 Å². The van der Waals surface area contributed by atoms with Crippen LogP contribution >= 0.6 is 11.6 Å². The molecule has 3 heterocycles. The maximum absolute atomic E-state index is 12.1. The Bertz CT molecular complexity index is 519. The van der Waals surface area contributed by atoms with Gasteiger partial charge in [0.05, 0.1) is 5.69 Å². The van der Waals surface area contributed by atoms with Gasteiger partial charge in [0, 0.05) is 12.5 Å². The lowest BCUT2D eigenvalue weighted by Gasteiger charge is -2.50. The Morgan fingerprint density at radius 3 is 2.89 bits per heavy atom. The molecule has 0 aliphatic carbocycles. The summed E-state index contributed by atoms with van der Waals surface area (Å²) in [5, 5.41) is 3.19. The highest BCUT2D eigenvalue weighted by Crippen LogP contribution is 2.41. The Hall–Kier alpha value is -1.36. The van der Waals surface area contributed by atoms with Gasteiger partial charge < -0.3 is 10.2 Å². The van der Waals surface area contributed by atoms with Crippen molar-refractivity contribution in [2.45, 2.75) is 32.7 Å². The molecule has 1 fully saturated rings. The minimum Gasteiger partial charge on any atom is -0.342 e. The van der Waals surface area contributed by atoms with Crippen LogP contribution in [0.15, 0.2) is 0 Å². The fourth-order valence-corrected chi connectivity index (χ4v) is 2.94. The quantitative estimate of drug-likeness (QED) is 0.830. The number of aromatic nitrogens is 2. The molecule has 0 aromatic carbocycles. The van der Waals surface area contributed by atoms with E-state index in [1.54, 1.807) is 0 Å². The molecule has 2 atom stereocenters. The summed E-state index contributed by atoms with van der Waals surface area (Å²) in [7, 11) is 0.